The zero-order valence-corrected chi connectivity index (χ0v) is 10.6. The van der Waals surface area contributed by atoms with Crippen molar-refractivity contribution in [2.75, 3.05) is 5.75 Å². The summed E-state index contributed by atoms with van der Waals surface area (Å²) in [5, 5.41) is 9.63. The van der Waals surface area contributed by atoms with E-state index in [9.17, 15) is 5.11 Å². The van der Waals surface area contributed by atoms with E-state index < -0.39 is 0 Å². The first-order chi connectivity index (χ1) is 7.09. The average Bonchev–Trinajstić information content (AvgIpc) is 2.17. The molecule has 0 aliphatic rings. The predicted molar refractivity (Wildman–Crippen MR) is 68.5 cm³/mol. The zero-order valence-electron chi connectivity index (χ0n) is 9.79. The van der Waals surface area contributed by atoms with Gasteiger partial charge in [0, 0.05) is 11.3 Å². The first-order valence-electron chi connectivity index (χ1n) is 5.46. The molecule has 0 amide bonds. The predicted octanol–water partition coefficient (Wildman–Crippen LogP) is 3.98. The molecule has 1 aromatic carbocycles. The molecule has 0 radical (unpaired) electrons. The summed E-state index contributed by atoms with van der Waals surface area (Å²) in [6, 6.07) is 5.79. The summed E-state index contributed by atoms with van der Waals surface area (Å²) in [6.07, 6.45) is 1.25. The maximum Gasteiger partial charge on any atom is 0.119 e. The standard InChI is InChI=1S/C13H20OS/c1-10(2)6-7-15-9-12-8-11(3)4-5-13(12)14/h4-5,8,10,14H,6-7,9H2,1-3H3. The molecule has 0 atom stereocenters. The van der Waals surface area contributed by atoms with Crippen LogP contribution in [-0.2, 0) is 5.75 Å². The normalized spacial score (nSPS) is 10.9. The van der Waals surface area contributed by atoms with E-state index in [1.807, 2.05) is 17.8 Å². The summed E-state index contributed by atoms with van der Waals surface area (Å²) in [6.45, 7) is 6.54. The molecule has 1 N–H and O–H groups in total. The van der Waals surface area contributed by atoms with Crippen LogP contribution in [0.4, 0.5) is 0 Å². The van der Waals surface area contributed by atoms with Gasteiger partial charge in [-0.05, 0) is 31.1 Å². The second kappa shape index (κ2) is 6.06. The second-order valence-electron chi connectivity index (χ2n) is 4.37. The molecule has 1 aromatic rings. The van der Waals surface area contributed by atoms with Crippen LogP contribution in [0.2, 0.25) is 0 Å². The summed E-state index contributed by atoms with van der Waals surface area (Å²) < 4.78 is 0. The number of rotatable bonds is 5. The number of aromatic hydroxyl groups is 1. The zero-order chi connectivity index (χ0) is 11.3. The highest BCUT2D eigenvalue weighted by atomic mass is 32.2. The Morgan fingerprint density at radius 1 is 1.33 bits per heavy atom. The van der Waals surface area contributed by atoms with Gasteiger partial charge in [0.2, 0.25) is 0 Å². The Hall–Kier alpha value is -0.630. The van der Waals surface area contributed by atoms with Gasteiger partial charge >= 0.3 is 0 Å². The number of phenolic OH excluding ortho intramolecular Hbond substituents is 1. The molecule has 84 valence electrons. The first kappa shape index (κ1) is 12.4. The summed E-state index contributed by atoms with van der Waals surface area (Å²) in [5.41, 5.74) is 2.27. The van der Waals surface area contributed by atoms with E-state index in [0.717, 1.165) is 17.2 Å². The average molecular weight is 224 g/mol. The molecule has 0 saturated heterocycles. The number of benzene rings is 1. The molecule has 0 spiro atoms. The molecule has 0 unspecified atom stereocenters. The Kier molecular flexibility index (Phi) is 5.03. The van der Waals surface area contributed by atoms with E-state index in [4.69, 9.17) is 0 Å². The smallest absolute Gasteiger partial charge is 0.119 e. The Labute approximate surface area is 96.9 Å². The lowest BCUT2D eigenvalue weighted by atomic mass is 10.1. The van der Waals surface area contributed by atoms with Crippen LogP contribution in [-0.4, -0.2) is 10.9 Å². The van der Waals surface area contributed by atoms with Gasteiger partial charge < -0.3 is 5.11 Å². The van der Waals surface area contributed by atoms with Gasteiger partial charge in [0.1, 0.15) is 5.75 Å². The fourth-order valence-electron chi connectivity index (χ4n) is 1.33. The van der Waals surface area contributed by atoms with Crippen LogP contribution < -0.4 is 0 Å². The highest BCUT2D eigenvalue weighted by molar-refractivity contribution is 7.98. The minimum atomic E-state index is 0.428. The van der Waals surface area contributed by atoms with E-state index in [-0.39, 0.29) is 0 Å². The number of hydrogen-bond donors (Lipinski definition) is 1. The fraction of sp³-hybridized carbons (Fsp3) is 0.538. The monoisotopic (exact) mass is 224 g/mol. The topological polar surface area (TPSA) is 20.2 Å². The van der Waals surface area contributed by atoms with Gasteiger partial charge in [0.25, 0.3) is 0 Å². The van der Waals surface area contributed by atoms with Crippen molar-refractivity contribution in [3.63, 3.8) is 0 Å². The lowest BCUT2D eigenvalue weighted by molar-refractivity contribution is 0.470. The molecule has 0 aliphatic carbocycles. The molecule has 2 heteroatoms. The van der Waals surface area contributed by atoms with Gasteiger partial charge in [0.15, 0.2) is 0 Å². The lowest BCUT2D eigenvalue weighted by Crippen LogP contribution is -1.91. The van der Waals surface area contributed by atoms with Crippen LogP contribution in [0.25, 0.3) is 0 Å². The maximum atomic E-state index is 9.63. The molecule has 15 heavy (non-hydrogen) atoms. The van der Waals surface area contributed by atoms with Crippen molar-refractivity contribution < 1.29 is 5.11 Å². The third-order valence-corrected chi connectivity index (χ3v) is 3.37. The molecular weight excluding hydrogens is 204 g/mol. The molecule has 1 rings (SSSR count). The van der Waals surface area contributed by atoms with E-state index in [1.54, 1.807) is 6.07 Å². The van der Waals surface area contributed by atoms with Gasteiger partial charge in [-0.3, -0.25) is 0 Å². The number of thioether (sulfide) groups is 1. The van der Waals surface area contributed by atoms with Crippen LogP contribution >= 0.6 is 11.8 Å². The quantitative estimate of drug-likeness (QED) is 0.763. The largest absolute Gasteiger partial charge is 0.508 e. The van der Waals surface area contributed by atoms with Crippen molar-refractivity contribution in [2.45, 2.75) is 32.9 Å². The van der Waals surface area contributed by atoms with Crippen LogP contribution in [0.1, 0.15) is 31.4 Å². The third-order valence-electron chi connectivity index (χ3n) is 2.33. The maximum absolute atomic E-state index is 9.63. The minimum absolute atomic E-state index is 0.428. The van der Waals surface area contributed by atoms with Gasteiger partial charge in [-0.2, -0.15) is 11.8 Å². The van der Waals surface area contributed by atoms with E-state index >= 15 is 0 Å². The van der Waals surface area contributed by atoms with E-state index in [2.05, 4.69) is 26.8 Å². The molecule has 0 heterocycles. The summed E-state index contributed by atoms with van der Waals surface area (Å²) >= 11 is 1.90. The molecule has 0 bridgehead atoms. The molecule has 0 aliphatic heterocycles. The Morgan fingerprint density at radius 2 is 2.07 bits per heavy atom. The first-order valence-corrected chi connectivity index (χ1v) is 6.61. The summed E-state index contributed by atoms with van der Waals surface area (Å²) in [4.78, 5) is 0. The molecular formula is C13H20OS. The molecule has 0 fully saturated rings. The molecule has 0 saturated carbocycles. The van der Waals surface area contributed by atoms with Gasteiger partial charge in [0.05, 0.1) is 0 Å². The van der Waals surface area contributed by atoms with Crippen molar-refractivity contribution in [3.05, 3.63) is 29.3 Å². The van der Waals surface area contributed by atoms with Crippen molar-refractivity contribution in [3.8, 4) is 5.75 Å². The number of phenols is 1. The lowest BCUT2D eigenvalue weighted by Gasteiger charge is -2.07. The molecule has 0 aromatic heterocycles. The van der Waals surface area contributed by atoms with Crippen LogP contribution in [0.15, 0.2) is 18.2 Å². The van der Waals surface area contributed by atoms with Crippen molar-refractivity contribution in [2.24, 2.45) is 5.92 Å². The van der Waals surface area contributed by atoms with Crippen molar-refractivity contribution in [1.82, 2.24) is 0 Å². The van der Waals surface area contributed by atoms with Crippen LogP contribution in [0, 0.1) is 12.8 Å². The Morgan fingerprint density at radius 3 is 2.73 bits per heavy atom. The van der Waals surface area contributed by atoms with Crippen LogP contribution in [0.5, 0.6) is 5.75 Å². The minimum Gasteiger partial charge on any atom is -0.508 e. The van der Waals surface area contributed by atoms with Gasteiger partial charge in [-0.1, -0.05) is 31.5 Å². The van der Waals surface area contributed by atoms with Gasteiger partial charge in [-0.25, -0.2) is 0 Å². The molecule has 1 nitrogen and oxygen atoms in total. The highest BCUT2D eigenvalue weighted by Gasteiger charge is 2.01. The van der Waals surface area contributed by atoms with E-state index in [0.29, 0.717) is 5.75 Å². The van der Waals surface area contributed by atoms with Crippen molar-refractivity contribution >= 4 is 11.8 Å². The fourth-order valence-corrected chi connectivity index (χ4v) is 2.56. The second-order valence-corrected chi connectivity index (χ2v) is 5.47. The van der Waals surface area contributed by atoms with Crippen molar-refractivity contribution in [1.29, 1.82) is 0 Å². The van der Waals surface area contributed by atoms with Crippen LogP contribution in [0.3, 0.4) is 0 Å². The summed E-state index contributed by atoms with van der Waals surface area (Å²) in [5.74, 6) is 3.28. The Balaban J connectivity index is 2.40. The highest BCUT2D eigenvalue weighted by Crippen LogP contribution is 2.24. The summed E-state index contributed by atoms with van der Waals surface area (Å²) in [7, 11) is 0. The number of hydrogen-bond acceptors (Lipinski definition) is 2. The Bertz CT molecular complexity index is 307. The third kappa shape index (κ3) is 4.61. The van der Waals surface area contributed by atoms with Gasteiger partial charge in [-0.15, -0.1) is 0 Å². The number of aryl methyl sites for hydroxylation is 1. The SMILES string of the molecule is Cc1ccc(O)c(CSCCC(C)C)c1. The van der Waals surface area contributed by atoms with E-state index in [1.165, 1.54) is 17.7 Å².